The molecule has 0 N–H and O–H groups in total. The van der Waals surface area contributed by atoms with Crippen molar-refractivity contribution in [3.8, 4) is 0 Å². The highest BCUT2D eigenvalue weighted by atomic mass is 32.4. The van der Waals surface area contributed by atoms with Crippen molar-refractivity contribution in [2.24, 2.45) is 5.11 Å². The molecule has 1 heterocycles. The summed E-state index contributed by atoms with van der Waals surface area (Å²) in [5.74, 6) is -0.615. The van der Waals surface area contributed by atoms with E-state index in [1.54, 1.807) is 0 Å². The Balaban J connectivity index is 1.67. The van der Waals surface area contributed by atoms with E-state index in [0.29, 0.717) is 6.42 Å². The Morgan fingerprint density at radius 1 is 0.900 bits per heavy atom. The van der Waals surface area contributed by atoms with E-state index in [4.69, 9.17) is 16.5 Å². The number of nitrogens with zero attached hydrogens (tertiary/aromatic N) is 4. The van der Waals surface area contributed by atoms with Gasteiger partial charge in [0, 0.05) is 16.6 Å². The van der Waals surface area contributed by atoms with Crippen LogP contribution < -0.4 is 10.6 Å². The van der Waals surface area contributed by atoms with Gasteiger partial charge in [-0.25, -0.2) is 9.69 Å². The second-order valence-electron chi connectivity index (χ2n) is 9.46. The third kappa shape index (κ3) is 5.43. The first kappa shape index (κ1) is 27.4. The number of carbonyl (C=O) groups excluding carboxylic acids is 2. The molecule has 0 bridgehead atoms. The average molecular weight is 567 g/mol. The number of imide groups is 1. The van der Waals surface area contributed by atoms with Crippen LogP contribution in [-0.2, 0) is 27.8 Å². The van der Waals surface area contributed by atoms with Gasteiger partial charge in [-0.3, -0.25) is 4.79 Å². The summed E-state index contributed by atoms with van der Waals surface area (Å²) in [6, 6.07) is 33.7. The minimum absolute atomic E-state index is 0.0595. The zero-order valence-electron chi connectivity index (χ0n) is 21.6. The van der Waals surface area contributed by atoms with Crippen LogP contribution in [0.25, 0.3) is 10.4 Å². The van der Waals surface area contributed by atoms with Crippen LogP contribution in [0.3, 0.4) is 0 Å². The molecule has 0 aromatic heterocycles. The molecule has 4 aromatic carbocycles. The summed E-state index contributed by atoms with van der Waals surface area (Å²) in [5, 5.41) is 5.83. The molecule has 2 amide bonds. The van der Waals surface area contributed by atoms with E-state index in [9.17, 15) is 15.1 Å². The SMILES string of the molecule is [N-]=[N+]=N[C@H](C(=O)N1C(=O)OC[C@@H]1Cc1ccccc1)[C@@H](c1ccccc1)P(=S)(c1ccccc1)c1ccccc1. The van der Waals surface area contributed by atoms with Crippen molar-refractivity contribution in [2.45, 2.75) is 24.2 Å². The van der Waals surface area contributed by atoms with Crippen molar-refractivity contribution in [2.75, 3.05) is 6.61 Å². The smallest absolute Gasteiger partial charge is 0.416 e. The summed E-state index contributed by atoms with van der Waals surface area (Å²) in [6.45, 7) is 0.0595. The lowest BCUT2D eigenvalue weighted by Gasteiger charge is -2.37. The van der Waals surface area contributed by atoms with Crippen LogP contribution in [0.4, 0.5) is 4.79 Å². The van der Waals surface area contributed by atoms with E-state index in [1.807, 2.05) is 121 Å². The first-order chi connectivity index (χ1) is 19.5. The van der Waals surface area contributed by atoms with Gasteiger partial charge in [0.15, 0.2) is 0 Å². The maximum absolute atomic E-state index is 14.4. The first-order valence-electron chi connectivity index (χ1n) is 12.9. The molecular formula is C31H27N4O3PS. The molecular weight excluding hydrogens is 539 g/mol. The van der Waals surface area contributed by atoms with E-state index >= 15 is 0 Å². The minimum Gasteiger partial charge on any atom is -0.447 e. The van der Waals surface area contributed by atoms with Gasteiger partial charge < -0.3 is 4.74 Å². The van der Waals surface area contributed by atoms with Crippen LogP contribution in [0.2, 0.25) is 0 Å². The monoisotopic (exact) mass is 566 g/mol. The molecule has 0 aliphatic carbocycles. The largest absolute Gasteiger partial charge is 0.447 e. The Labute approximate surface area is 238 Å². The fourth-order valence-corrected chi connectivity index (χ4v) is 10.0. The van der Waals surface area contributed by atoms with Gasteiger partial charge in [0.05, 0.1) is 6.04 Å². The number of ether oxygens (including phenoxy) is 1. The molecule has 1 saturated heterocycles. The van der Waals surface area contributed by atoms with Crippen molar-refractivity contribution in [1.82, 2.24) is 4.90 Å². The number of hydrogen-bond donors (Lipinski definition) is 0. The summed E-state index contributed by atoms with van der Waals surface area (Å²) >= 11 is 6.63. The Hall–Kier alpha value is -4.22. The van der Waals surface area contributed by atoms with Gasteiger partial charge in [-0.05, 0) is 33.7 Å². The number of cyclic esters (lactones) is 1. The highest BCUT2D eigenvalue weighted by Crippen LogP contribution is 2.60. The van der Waals surface area contributed by atoms with Crippen LogP contribution in [0.5, 0.6) is 0 Å². The Morgan fingerprint density at radius 2 is 1.40 bits per heavy atom. The van der Waals surface area contributed by atoms with E-state index in [1.165, 1.54) is 0 Å². The van der Waals surface area contributed by atoms with Gasteiger partial charge in [-0.15, -0.1) is 0 Å². The molecule has 3 atom stereocenters. The number of benzene rings is 4. The molecule has 0 spiro atoms. The topological polar surface area (TPSA) is 95.4 Å². The molecule has 5 rings (SSSR count). The van der Waals surface area contributed by atoms with E-state index in [-0.39, 0.29) is 6.61 Å². The standard InChI is InChI=1S/C31H27N4O3PS/c32-34-33-28(30(36)35-25(22-38-31(35)37)21-23-13-5-1-6-14-23)29(24-15-7-2-8-16-24)39(40,26-17-9-3-10-18-26)27-19-11-4-12-20-27/h1-20,25,28-29H,21-22H2/t25-,28-,29+/m0/s1. The Kier molecular flexibility index (Phi) is 8.42. The molecule has 0 unspecified atom stereocenters. The van der Waals surface area contributed by atoms with Crippen LogP contribution in [0.1, 0.15) is 16.8 Å². The van der Waals surface area contributed by atoms with Crippen LogP contribution in [-0.4, -0.2) is 35.6 Å². The van der Waals surface area contributed by atoms with Crippen LogP contribution in [0.15, 0.2) is 126 Å². The highest BCUT2D eigenvalue weighted by molar-refractivity contribution is 8.22. The first-order valence-corrected chi connectivity index (χ1v) is 15.7. The second kappa shape index (κ2) is 12.3. The molecule has 9 heteroatoms. The lowest BCUT2D eigenvalue weighted by Crippen LogP contribution is -2.47. The molecule has 200 valence electrons. The molecule has 1 fully saturated rings. The molecule has 1 aliphatic rings. The summed E-state index contributed by atoms with van der Waals surface area (Å²) in [7, 11) is 0. The fraction of sp³-hybridized carbons (Fsp3) is 0.161. The van der Waals surface area contributed by atoms with Crippen molar-refractivity contribution >= 4 is 40.5 Å². The number of rotatable bonds is 9. The predicted octanol–water partition coefficient (Wildman–Crippen LogP) is 6.13. The normalized spacial score (nSPS) is 16.4. The second-order valence-corrected chi connectivity index (χ2v) is 14.1. The number of carbonyl (C=O) groups is 2. The highest BCUT2D eigenvalue weighted by Gasteiger charge is 2.47. The average Bonchev–Trinajstić information content (AvgIpc) is 3.37. The van der Waals surface area contributed by atoms with Crippen molar-refractivity contribution in [3.05, 3.63) is 143 Å². The van der Waals surface area contributed by atoms with Crippen LogP contribution >= 0.6 is 6.04 Å². The maximum atomic E-state index is 14.4. The fourth-order valence-electron chi connectivity index (χ4n) is 5.22. The van der Waals surface area contributed by atoms with Gasteiger partial charge in [-0.1, -0.05) is 138 Å². The third-order valence-electron chi connectivity index (χ3n) is 7.05. The zero-order valence-corrected chi connectivity index (χ0v) is 23.3. The molecule has 0 saturated carbocycles. The van der Waals surface area contributed by atoms with Crippen molar-refractivity contribution in [1.29, 1.82) is 0 Å². The third-order valence-corrected chi connectivity index (χ3v) is 12.5. The summed E-state index contributed by atoms with van der Waals surface area (Å²) in [6.07, 6.45) is -0.327. The number of azide groups is 1. The van der Waals surface area contributed by atoms with E-state index in [0.717, 1.165) is 26.6 Å². The molecule has 7 nitrogen and oxygen atoms in total. The lowest BCUT2D eigenvalue weighted by atomic mass is 10.0. The summed E-state index contributed by atoms with van der Waals surface area (Å²) in [4.78, 5) is 31.6. The lowest BCUT2D eigenvalue weighted by molar-refractivity contribution is -0.130. The van der Waals surface area contributed by atoms with E-state index < -0.39 is 35.8 Å². The molecule has 4 aromatic rings. The Morgan fingerprint density at radius 3 is 1.93 bits per heavy atom. The molecule has 40 heavy (non-hydrogen) atoms. The van der Waals surface area contributed by atoms with E-state index in [2.05, 4.69) is 10.0 Å². The van der Waals surface area contributed by atoms with Gasteiger partial charge in [-0.2, -0.15) is 0 Å². The van der Waals surface area contributed by atoms with Crippen molar-refractivity contribution in [3.63, 3.8) is 0 Å². The van der Waals surface area contributed by atoms with Crippen LogP contribution in [0, 0.1) is 0 Å². The van der Waals surface area contributed by atoms with Gasteiger partial charge in [0.25, 0.3) is 0 Å². The zero-order chi connectivity index (χ0) is 28.0. The van der Waals surface area contributed by atoms with Gasteiger partial charge >= 0.3 is 6.09 Å². The predicted molar refractivity (Wildman–Crippen MR) is 161 cm³/mol. The van der Waals surface area contributed by atoms with Crippen molar-refractivity contribution < 1.29 is 14.3 Å². The number of amides is 2. The molecule has 1 aliphatic heterocycles. The van der Waals surface area contributed by atoms with Gasteiger partial charge in [0.2, 0.25) is 5.91 Å². The maximum Gasteiger partial charge on any atom is 0.416 e. The quantitative estimate of drug-likeness (QED) is 0.105. The minimum atomic E-state index is -2.87. The Bertz CT molecular complexity index is 1520. The number of hydrogen-bond acceptors (Lipinski definition) is 5. The molecule has 0 radical (unpaired) electrons. The summed E-state index contributed by atoms with van der Waals surface area (Å²) < 4.78 is 5.35. The van der Waals surface area contributed by atoms with Gasteiger partial charge in [0.1, 0.15) is 12.6 Å². The summed E-state index contributed by atoms with van der Waals surface area (Å²) in [5.41, 5.74) is 10.7.